The Morgan fingerprint density at radius 1 is 1.29 bits per heavy atom. The average molecular weight is 257 g/mol. The number of hydrogen-bond acceptors (Lipinski definition) is 2. The van der Waals surface area contributed by atoms with Crippen LogP contribution >= 0.6 is 11.6 Å². The van der Waals surface area contributed by atoms with Crippen molar-refractivity contribution in [1.82, 2.24) is 4.98 Å². The summed E-state index contributed by atoms with van der Waals surface area (Å²) in [5.74, 6) is 0. The van der Waals surface area contributed by atoms with E-state index in [0.717, 1.165) is 5.39 Å². The van der Waals surface area contributed by atoms with Crippen molar-refractivity contribution in [3.8, 4) is 0 Å². The van der Waals surface area contributed by atoms with Crippen LogP contribution in [-0.2, 0) is 6.42 Å². The molecule has 2 rings (SSSR count). The molecular formula is C12H11ClF2N2. The minimum absolute atomic E-state index is 0.0187. The number of benzene rings is 1. The van der Waals surface area contributed by atoms with Gasteiger partial charge in [0.1, 0.15) is 0 Å². The number of pyridine rings is 1. The Morgan fingerprint density at radius 2 is 2.06 bits per heavy atom. The summed E-state index contributed by atoms with van der Waals surface area (Å²) in [4.78, 5) is 4.17. The molecule has 0 spiro atoms. The molecule has 0 aliphatic rings. The maximum Gasteiger partial charge on any atom is 0.253 e. The lowest BCUT2D eigenvalue weighted by atomic mass is 10.0. The summed E-state index contributed by atoms with van der Waals surface area (Å²) < 4.78 is 24.9. The third kappa shape index (κ3) is 2.53. The molecule has 1 atom stereocenters. The van der Waals surface area contributed by atoms with Gasteiger partial charge in [-0.25, -0.2) is 8.78 Å². The van der Waals surface area contributed by atoms with Crippen molar-refractivity contribution >= 4 is 22.5 Å². The molecule has 17 heavy (non-hydrogen) atoms. The highest BCUT2D eigenvalue weighted by Gasteiger charge is 2.19. The van der Waals surface area contributed by atoms with Crippen LogP contribution in [0.4, 0.5) is 8.78 Å². The SMILES string of the molecule is NC(Cc1c(Cl)ccc2cccnc12)C(F)F. The number of nitrogens with zero attached hydrogens (tertiary/aromatic N) is 1. The molecule has 1 aromatic carbocycles. The van der Waals surface area contributed by atoms with Crippen molar-refractivity contribution in [3.63, 3.8) is 0 Å². The van der Waals surface area contributed by atoms with Gasteiger partial charge in [-0.2, -0.15) is 0 Å². The van der Waals surface area contributed by atoms with E-state index < -0.39 is 12.5 Å². The highest BCUT2D eigenvalue weighted by molar-refractivity contribution is 6.32. The Kier molecular flexibility index (Phi) is 3.54. The zero-order valence-electron chi connectivity index (χ0n) is 8.91. The summed E-state index contributed by atoms with van der Waals surface area (Å²) in [6.45, 7) is 0. The molecule has 1 unspecified atom stereocenters. The van der Waals surface area contributed by atoms with Gasteiger partial charge in [0.05, 0.1) is 11.6 Å². The van der Waals surface area contributed by atoms with Crippen molar-refractivity contribution < 1.29 is 8.78 Å². The van der Waals surface area contributed by atoms with Crippen molar-refractivity contribution in [2.24, 2.45) is 5.73 Å². The number of rotatable bonds is 3. The fourth-order valence-corrected chi connectivity index (χ4v) is 1.93. The molecule has 1 aromatic heterocycles. The molecule has 0 aliphatic heterocycles. The molecule has 90 valence electrons. The predicted octanol–water partition coefficient (Wildman–Crippen LogP) is 3.02. The molecule has 0 saturated heterocycles. The van der Waals surface area contributed by atoms with Crippen LogP contribution in [0.3, 0.4) is 0 Å². The van der Waals surface area contributed by atoms with Gasteiger partial charge in [-0.1, -0.05) is 23.7 Å². The van der Waals surface area contributed by atoms with Crippen molar-refractivity contribution in [2.45, 2.75) is 18.9 Å². The fourth-order valence-electron chi connectivity index (χ4n) is 1.70. The number of fused-ring (bicyclic) bond motifs is 1. The average Bonchev–Trinajstić information content (AvgIpc) is 2.32. The minimum Gasteiger partial charge on any atom is -0.323 e. The van der Waals surface area contributed by atoms with Crippen molar-refractivity contribution in [3.05, 3.63) is 41.0 Å². The van der Waals surface area contributed by atoms with Crippen LogP contribution in [0.2, 0.25) is 5.02 Å². The third-order valence-corrected chi connectivity index (χ3v) is 2.94. The van der Waals surface area contributed by atoms with Crippen LogP contribution in [0.1, 0.15) is 5.56 Å². The van der Waals surface area contributed by atoms with Gasteiger partial charge in [-0.3, -0.25) is 4.98 Å². The smallest absolute Gasteiger partial charge is 0.253 e. The van der Waals surface area contributed by atoms with Gasteiger partial charge in [0.2, 0.25) is 0 Å². The lowest BCUT2D eigenvalue weighted by Crippen LogP contribution is -2.31. The maximum absolute atomic E-state index is 12.5. The van der Waals surface area contributed by atoms with Crippen LogP contribution in [0.5, 0.6) is 0 Å². The van der Waals surface area contributed by atoms with Crippen LogP contribution < -0.4 is 5.73 Å². The molecular weight excluding hydrogens is 246 g/mol. The highest BCUT2D eigenvalue weighted by Crippen LogP contribution is 2.26. The van der Waals surface area contributed by atoms with Gasteiger partial charge in [0, 0.05) is 16.6 Å². The number of hydrogen-bond donors (Lipinski definition) is 1. The Hall–Kier alpha value is -1.26. The number of halogens is 3. The van der Waals surface area contributed by atoms with Gasteiger partial charge in [-0.15, -0.1) is 0 Å². The first-order valence-corrected chi connectivity index (χ1v) is 5.53. The second-order valence-electron chi connectivity index (χ2n) is 3.80. The summed E-state index contributed by atoms with van der Waals surface area (Å²) in [5, 5.41) is 1.29. The minimum atomic E-state index is -2.56. The lowest BCUT2D eigenvalue weighted by molar-refractivity contribution is 0.116. The number of nitrogens with two attached hydrogens (primary N) is 1. The molecule has 2 aromatic rings. The molecule has 0 saturated carbocycles. The summed E-state index contributed by atoms with van der Waals surface area (Å²) in [6.07, 6.45) is -0.939. The first kappa shape index (κ1) is 12.2. The quantitative estimate of drug-likeness (QED) is 0.917. The van der Waals surface area contributed by atoms with E-state index in [2.05, 4.69) is 4.98 Å². The Bertz CT molecular complexity index is 531. The predicted molar refractivity (Wildman–Crippen MR) is 64.4 cm³/mol. The lowest BCUT2D eigenvalue weighted by Gasteiger charge is -2.13. The largest absolute Gasteiger partial charge is 0.323 e. The molecule has 1 heterocycles. The molecule has 0 fully saturated rings. The summed E-state index contributed by atoms with van der Waals surface area (Å²) in [5.41, 5.74) is 6.59. The van der Waals surface area contributed by atoms with Gasteiger partial charge in [-0.05, 0) is 24.1 Å². The van der Waals surface area contributed by atoms with E-state index in [4.69, 9.17) is 17.3 Å². The van der Waals surface area contributed by atoms with Crippen LogP contribution in [0.15, 0.2) is 30.5 Å². The molecule has 2 N–H and O–H groups in total. The van der Waals surface area contributed by atoms with Crippen LogP contribution in [-0.4, -0.2) is 17.5 Å². The van der Waals surface area contributed by atoms with E-state index in [1.54, 1.807) is 18.3 Å². The topological polar surface area (TPSA) is 38.9 Å². The van der Waals surface area contributed by atoms with Gasteiger partial charge in [0.15, 0.2) is 0 Å². The number of aromatic nitrogens is 1. The Labute approximate surface area is 102 Å². The standard InChI is InChI=1S/C12H11ClF2N2/c13-9-4-3-7-2-1-5-17-11(7)8(9)6-10(16)12(14)15/h1-5,10,12H,6,16H2. The Morgan fingerprint density at radius 3 is 2.76 bits per heavy atom. The summed E-state index contributed by atoms with van der Waals surface area (Å²) in [7, 11) is 0. The van der Waals surface area contributed by atoms with E-state index in [1.165, 1.54) is 0 Å². The molecule has 0 radical (unpaired) electrons. The second kappa shape index (κ2) is 4.94. The molecule has 0 bridgehead atoms. The van der Waals surface area contributed by atoms with Gasteiger partial charge in [0.25, 0.3) is 6.43 Å². The zero-order valence-corrected chi connectivity index (χ0v) is 9.66. The van der Waals surface area contributed by atoms with E-state index in [0.29, 0.717) is 16.1 Å². The first-order chi connectivity index (χ1) is 8.09. The van der Waals surface area contributed by atoms with E-state index in [1.807, 2.05) is 12.1 Å². The van der Waals surface area contributed by atoms with Crippen LogP contribution in [0.25, 0.3) is 10.9 Å². The fraction of sp³-hybridized carbons (Fsp3) is 0.250. The van der Waals surface area contributed by atoms with E-state index >= 15 is 0 Å². The molecule has 0 amide bonds. The maximum atomic E-state index is 12.5. The van der Waals surface area contributed by atoms with Gasteiger partial charge >= 0.3 is 0 Å². The number of alkyl halides is 2. The zero-order chi connectivity index (χ0) is 12.4. The first-order valence-electron chi connectivity index (χ1n) is 5.15. The van der Waals surface area contributed by atoms with E-state index in [-0.39, 0.29) is 6.42 Å². The summed E-state index contributed by atoms with van der Waals surface area (Å²) >= 11 is 6.01. The van der Waals surface area contributed by atoms with Crippen molar-refractivity contribution in [2.75, 3.05) is 0 Å². The summed E-state index contributed by atoms with van der Waals surface area (Å²) in [6, 6.07) is 5.91. The third-order valence-electron chi connectivity index (χ3n) is 2.59. The van der Waals surface area contributed by atoms with Crippen LogP contribution in [0, 0.1) is 0 Å². The normalized spacial score (nSPS) is 13.2. The Balaban J connectivity index is 2.48. The van der Waals surface area contributed by atoms with Gasteiger partial charge < -0.3 is 5.73 Å². The molecule has 2 nitrogen and oxygen atoms in total. The second-order valence-corrected chi connectivity index (χ2v) is 4.21. The molecule has 0 aliphatic carbocycles. The highest BCUT2D eigenvalue weighted by atomic mass is 35.5. The monoisotopic (exact) mass is 256 g/mol. The molecule has 5 heteroatoms. The van der Waals surface area contributed by atoms with E-state index in [9.17, 15) is 8.78 Å². The van der Waals surface area contributed by atoms with Crippen molar-refractivity contribution in [1.29, 1.82) is 0 Å².